The number of methoxy groups -OCH3 is 2. The van der Waals surface area contributed by atoms with E-state index in [2.05, 4.69) is 15.3 Å². The molecular formula is C18H19N3O4S. The molecule has 0 fully saturated rings. The Labute approximate surface area is 154 Å². The van der Waals surface area contributed by atoms with Gasteiger partial charge >= 0.3 is 5.97 Å². The van der Waals surface area contributed by atoms with Crippen molar-refractivity contribution in [3.63, 3.8) is 0 Å². The average molecular weight is 373 g/mol. The summed E-state index contributed by atoms with van der Waals surface area (Å²) in [4.78, 5) is 22.2. The number of thiophene rings is 1. The third-order valence-corrected chi connectivity index (χ3v) is 4.97. The van der Waals surface area contributed by atoms with Crippen LogP contribution < -0.4 is 10.1 Å². The van der Waals surface area contributed by atoms with Crippen LogP contribution in [-0.2, 0) is 9.47 Å². The van der Waals surface area contributed by atoms with E-state index in [9.17, 15) is 4.79 Å². The number of anilines is 2. The average Bonchev–Trinajstić information content (AvgIpc) is 3.00. The van der Waals surface area contributed by atoms with Gasteiger partial charge in [-0.1, -0.05) is 12.1 Å². The van der Waals surface area contributed by atoms with Crippen molar-refractivity contribution >= 4 is 39.0 Å². The number of hydrogen-bond acceptors (Lipinski definition) is 8. The monoisotopic (exact) mass is 373 g/mol. The lowest BCUT2D eigenvalue weighted by Crippen LogP contribution is -2.09. The van der Waals surface area contributed by atoms with Gasteiger partial charge in [0.25, 0.3) is 0 Å². The molecular weight excluding hydrogens is 354 g/mol. The van der Waals surface area contributed by atoms with Crippen LogP contribution in [-0.4, -0.2) is 43.4 Å². The Morgan fingerprint density at radius 3 is 2.77 bits per heavy atom. The molecule has 0 amide bonds. The zero-order valence-electron chi connectivity index (χ0n) is 14.7. The number of aromatic nitrogens is 2. The van der Waals surface area contributed by atoms with E-state index in [1.165, 1.54) is 17.7 Å². The molecule has 0 radical (unpaired) electrons. The summed E-state index contributed by atoms with van der Waals surface area (Å²) in [6.07, 6.45) is 1.47. The van der Waals surface area contributed by atoms with Gasteiger partial charge in [-0.15, -0.1) is 11.3 Å². The van der Waals surface area contributed by atoms with Crippen LogP contribution in [0.15, 0.2) is 30.6 Å². The summed E-state index contributed by atoms with van der Waals surface area (Å²) >= 11 is 1.29. The Hall–Kier alpha value is -2.71. The molecule has 0 aliphatic heterocycles. The van der Waals surface area contributed by atoms with E-state index in [0.29, 0.717) is 27.9 Å². The van der Waals surface area contributed by atoms with Crippen molar-refractivity contribution in [1.29, 1.82) is 0 Å². The maximum Gasteiger partial charge on any atom is 0.348 e. The minimum atomic E-state index is -0.384. The molecule has 0 aliphatic rings. The number of nitrogens with zero attached hydrogens (tertiary/aromatic N) is 2. The zero-order valence-corrected chi connectivity index (χ0v) is 15.6. The molecule has 136 valence electrons. The highest BCUT2D eigenvalue weighted by Gasteiger charge is 2.20. The SMILES string of the molecule is COCCOC(=O)c1sc2ncnc(Nc3ccccc3OC)c2c1C. The van der Waals surface area contributed by atoms with Crippen molar-refractivity contribution in [2.24, 2.45) is 0 Å². The molecule has 2 heterocycles. The van der Waals surface area contributed by atoms with E-state index in [0.717, 1.165) is 16.6 Å². The Morgan fingerprint density at radius 1 is 1.19 bits per heavy atom. The van der Waals surface area contributed by atoms with E-state index < -0.39 is 0 Å². The highest BCUT2D eigenvalue weighted by Crippen LogP contribution is 2.36. The highest BCUT2D eigenvalue weighted by atomic mass is 32.1. The fraction of sp³-hybridized carbons (Fsp3) is 0.278. The minimum absolute atomic E-state index is 0.209. The van der Waals surface area contributed by atoms with Crippen molar-refractivity contribution in [1.82, 2.24) is 9.97 Å². The van der Waals surface area contributed by atoms with Crippen LogP contribution >= 0.6 is 11.3 Å². The third-order valence-electron chi connectivity index (χ3n) is 3.79. The van der Waals surface area contributed by atoms with Gasteiger partial charge in [0.15, 0.2) is 0 Å². The van der Waals surface area contributed by atoms with Gasteiger partial charge in [-0.05, 0) is 24.6 Å². The number of nitrogens with one attached hydrogen (secondary N) is 1. The Bertz CT molecular complexity index is 926. The lowest BCUT2D eigenvalue weighted by Gasteiger charge is -2.11. The van der Waals surface area contributed by atoms with Crippen molar-refractivity contribution in [3.8, 4) is 5.75 Å². The minimum Gasteiger partial charge on any atom is -0.495 e. The Balaban J connectivity index is 1.96. The number of ether oxygens (including phenoxy) is 3. The van der Waals surface area contributed by atoms with Gasteiger partial charge in [-0.3, -0.25) is 0 Å². The molecule has 26 heavy (non-hydrogen) atoms. The first-order chi connectivity index (χ1) is 12.7. The second-order valence-electron chi connectivity index (χ2n) is 5.41. The lowest BCUT2D eigenvalue weighted by atomic mass is 10.2. The number of hydrogen-bond donors (Lipinski definition) is 1. The molecule has 0 unspecified atom stereocenters. The van der Waals surface area contributed by atoms with Gasteiger partial charge in [0, 0.05) is 7.11 Å². The van der Waals surface area contributed by atoms with E-state index >= 15 is 0 Å². The van der Waals surface area contributed by atoms with Crippen molar-refractivity contribution in [2.45, 2.75) is 6.92 Å². The van der Waals surface area contributed by atoms with E-state index in [4.69, 9.17) is 14.2 Å². The molecule has 2 aromatic heterocycles. The van der Waals surface area contributed by atoms with Gasteiger partial charge in [0.2, 0.25) is 0 Å². The molecule has 0 atom stereocenters. The molecule has 0 aliphatic carbocycles. The van der Waals surface area contributed by atoms with E-state index in [1.807, 2.05) is 31.2 Å². The lowest BCUT2D eigenvalue weighted by molar-refractivity contribution is 0.0393. The zero-order chi connectivity index (χ0) is 18.5. The second kappa shape index (κ2) is 8.11. The second-order valence-corrected chi connectivity index (χ2v) is 6.41. The van der Waals surface area contributed by atoms with Crippen LogP contribution in [0.25, 0.3) is 10.2 Å². The van der Waals surface area contributed by atoms with Crippen molar-refractivity contribution < 1.29 is 19.0 Å². The highest BCUT2D eigenvalue weighted by molar-refractivity contribution is 7.20. The molecule has 1 N–H and O–H groups in total. The molecule has 0 saturated carbocycles. The number of fused-ring (bicyclic) bond motifs is 1. The third kappa shape index (κ3) is 3.61. The maximum atomic E-state index is 12.3. The number of benzene rings is 1. The van der Waals surface area contributed by atoms with Crippen LogP contribution in [0, 0.1) is 6.92 Å². The standard InChI is InChI=1S/C18H19N3O4S/c1-11-14-16(21-12-6-4-5-7-13(12)24-3)19-10-20-17(14)26-15(11)18(22)25-9-8-23-2/h4-7,10H,8-9H2,1-3H3,(H,19,20,21). The quantitative estimate of drug-likeness (QED) is 0.501. The first kappa shape index (κ1) is 18.1. The molecule has 0 spiro atoms. The molecule has 7 nitrogen and oxygen atoms in total. The predicted molar refractivity (Wildman–Crippen MR) is 101 cm³/mol. The molecule has 0 bridgehead atoms. The number of esters is 1. The summed E-state index contributed by atoms with van der Waals surface area (Å²) in [6.45, 7) is 2.43. The number of carbonyl (C=O) groups is 1. The molecule has 3 aromatic rings. The predicted octanol–water partition coefficient (Wildman–Crippen LogP) is 3.56. The number of rotatable bonds is 7. The van der Waals surface area contributed by atoms with Gasteiger partial charge in [-0.25, -0.2) is 14.8 Å². The number of para-hydroxylation sites is 2. The molecule has 3 rings (SSSR count). The summed E-state index contributed by atoms with van der Waals surface area (Å²) in [5, 5.41) is 4.06. The molecule has 0 saturated heterocycles. The number of aryl methyl sites for hydroxylation is 1. The molecule has 1 aromatic carbocycles. The normalized spacial score (nSPS) is 10.7. The first-order valence-corrected chi connectivity index (χ1v) is 8.77. The van der Waals surface area contributed by atoms with Crippen LogP contribution in [0.1, 0.15) is 15.2 Å². The summed E-state index contributed by atoms with van der Waals surface area (Å²) in [6, 6.07) is 7.56. The summed E-state index contributed by atoms with van der Waals surface area (Å²) in [5.41, 5.74) is 1.57. The fourth-order valence-corrected chi connectivity index (χ4v) is 3.56. The number of carbonyl (C=O) groups excluding carboxylic acids is 1. The first-order valence-electron chi connectivity index (χ1n) is 7.96. The van der Waals surface area contributed by atoms with Gasteiger partial charge < -0.3 is 19.5 Å². The molecule has 8 heteroatoms. The van der Waals surface area contributed by atoms with Crippen LogP contribution in [0.4, 0.5) is 11.5 Å². The summed E-state index contributed by atoms with van der Waals surface area (Å²) in [5.74, 6) is 0.932. The van der Waals surface area contributed by atoms with E-state index in [1.54, 1.807) is 14.2 Å². The maximum absolute atomic E-state index is 12.3. The van der Waals surface area contributed by atoms with Crippen LogP contribution in [0.3, 0.4) is 0 Å². The smallest absolute Gasteiger partial charge is 0.348 e. The van der Waals surface area contributed by atoms with Gasteiger partial charge in [0.05, 0.1) is 24.8 Å². The van der Waals surface area contributed by atoms with Crippen LogP contribution in [0.2, 0.25) is 0 Å². The van der Waals surface area contributed by atoms with Crippen molar-refractivity contribution in [3.05, 3.63) is 41.0 Å². The fourth-order valence-electron chi connectivity index (χ4n) is 2.52. The topological polar surface area (TPSA) is 82.6 Å². The Kier molecular flexibility index (Phi) is 5.65. The summed E-state index contributed by atoms with van der Waals surface area (Å²) < 4.78 is 15.5. The van der Waals surface area contributed by atoms with Crippen LogP contribution in [0.5, 0.6) is 5.75 Å². The Morgan fingerprint density at radius 2 is 2.00 bits per heavy atom. The van der Waals surface area contributed by atoms with E-state index in [-0.39, 0.29) is 12.6 Å². The van der Waals surface area contributed by atoms with Gasteiger partial charge in [0.1, 0.15) is 34.2 Å². The summed E-state index contributed by atoms with van der Waals surface area (Å²) in [7, 11) is 3.17. The largest absolute Gasteiger partial charge is 0.495 e. The van der Waals surface area contributed by atoms with Gasteiger partial charge in [-0.2, -0.15) is 0 Å². The van der Waals surface area contributed by atoms with Crippen molar-refractivity contribution in [2.75, 3.05) is 32.8 Å².